The molecule has 2 amide bonds. The van der Waals surface area contributed by atoms with Crippen molar-refractivity contribution < 1.29 is 14.0 Å². The summed E-state index contributed by atoms with van der Waals surface area (Å²) >= 11 is 0. The fourth-order valence-corrected chi connectivity index (χ4v) is 1.88. The predicted octanol–water partition coefficient (Wildman–Crippen LogP) is 2.03. The van der Waals surface area contributed by atoms with Crippen molar-refractivity contribution in [3.8, 4) is 0 Å². The molecule has 0 aliphatic carbocycles. The van der Waals surface area contributed by atoms with Crippen LogP contribution in [0, 0.1) is 5.95 Å². The van der Waals surface area contributed by atoms with Crippen LogP contribution in [0.1, 0.15) is 46.2 Å². The molecule has 0 saturated carbocycles. The van der Waals surface area contributed by atoms with Crippen LogP contribution in [0.3, 0.4) is 0 Å². The Kier molecular flexibility index (Phi) is 5.74. The molecule has 0 saturated heterocycles. The van der Waals surface area contributed by atoms with Gasteiger partial charge in [-0.3, -0.25) is 25.4 Å². The van der Waals surface area contributed by atoms with Crippen LogP contribution in [0.4, 0.5) is 4.39 Å². The minimum Gasteiger partial charge on any atom is -0.267 e. The third-order valence-electron chi connectivity index (χ3n) is 3.15. The van der Waals surface area contributed by atoms with Gasteiger partial charge in [0, 0.05) is 24.0 Å². The number of nitrogens with zero attached hydrogens (tertiary/aromatic N) is 2. The number of pyridine rings is 2. The van der Waals surface area contributed by atoms with Crippen LogP contribution in [0.2, 0.25) is 0 Å². The van der Waals surface area contributed by atoms with Crippen LogP contribution in [0.25, 0.3) is 0 Å². The van der Waals surface area contributed by atoms with E-state index in [2.05, 4.69) is 27.7 Å². The highest BCUT2D eigenvalue weighted by Crippen LogP contribution is 2.05. The number of carbonyl (C=O) groups excluding carboxylic acids is 2. The van der Waals surface area contributed by atoms with Gasteiger partial charge in [0.15, 0.2) is 0 Å². The molecule has 0 fully saturated rings. The van der Waals surface area contributed by atoms with E-state index in [1.807, 2.05) is 6.07 Å². The summed E-state index contributed by atoms with van der Waals surface area (Å²) in [6, 6.07) is 5.74. The van der Waals surface area contributed by atoms with Gasteiger partial charge in [-0.1, -0.05) is 19.4 Å². The Hall–Kier alpha value is -2.83. The Balaban J connectivity index is 1.90. The highest BCUT2D eigenvalue weighted by molar-refractivity contribution is 5.98. The van der Waals surface area contributed by atoms with Crippen LogP contribution in [-0.4, -0.2) is 21.8 Å². The van der Waals surface area contributed by atoms with Gasteiger partial charge in [0.25, 0.3) is 11.8 Å². The first-order chi connectivity index (χ1) is 11.1. The average Bonchev–Trinajstić information content (AvgIpc) is 2.58. The minimum absolute atomic E-state index is 0.0562. The van der Waals surface area contributed by atoms with E-state index in [-0.39, 0.29) is 11.3 Å². The minimum atomic E-state index is -0.770. The lowest BCUT2D eigenvalue weighted by Gasteiger charge is -2.07. The molecule has 6 nitrogen and oxygen atoms in total. The number of unbranched alkanes of at least 4 members (excludes halogenated alkanes) is 1. The number of aryl methyl sites for hydroxylation is 1. The van der Waals surface area contributed by atoms with Gasteiger partial charge < -0.3 is 0 Å². The molecule has 0 unspecified atom stereocenters. The predicted molar refractivity (Wildman–Crippen MR) is 82.0 cm³/mol. The topological polar surface area (TPSA) is 84.0 Å². The molecule has 0 aliphatic rings. The first-order valence-electron chi connectivity index (χ1n) is 7.27. The second-order valence-corrected chi connectivity index (χ2v) is 4.93. The number of nitrogens with one attached hydrogen (secondary N) is 2. The Morgan fingerprint density at radius 2 is 1.91 bits per heavy atom. The fraction of sp³-hybridized carbons (Fsp3) is 0.250. The molecule has 0 bridgehead atoms. The standard InChI is InChI=1S/C16H17FN4O2/c1-2-3-4-11-5-6-13(19-10-11)16(23)21-20-15(22)12-7-8-18-14(17)9-12/h5-10H,2-4H2,1H3,(H,20,22)(H,21,23). The number of aromatic nitrogens is 2. The third-order valence-corrected chi connectivity index (χ3v) is 3.15. The van der Waals surface area contributed by atoms with Crippen LogP contribution >= 0.6 is 0 Å². The average molecular weight is 316 g/mol. The number of rotatable bonds is 5. The number of carbonyl (C=O) groups is 2. The number of hydrogen-bond donors (Lipinski definition) is 2. The Morgan fingerprint density at radius 3 is 2.57 bits per heavy atom. The van der Waals surface area contributed by atoms with Crippen molar-refractivity contribution >= 4 is 11.8 Å². The second kappa shape index (κ2) is 7.98. The van der Waals surface area contributed by atoms with Crippen molar-refractivity contribution in [2.24, 2.45) is 0 Å². The number of halogens is 1. The molecule has 0 spiro atoms. The summed E-state index contributed by atoms with van der Waals surface area (Å²) in [5.74, 6) is -1.96. The number of hydrazine groups is 1. The molecule has 0 aromatic carbocycles. The lowest BCUT2D eigenvalue weighted by Crippen LogP contribution is -2.42. The van der Waals surface area contributed by atoms with Gasteiger partial charge in [-0.05, 0) is 30.5 Å². The van der Waals surface area contributed by atoms with Crippen molar-refractivity contribution in [3.63, 3.8) is 0 Å². The summed E-state index contributed by atoms with van der Waals surface area (Å²) in [5, 5.41) is 0. The van der Waals surface area contributed by atoms with Gasteiger partial charge in [0.2, 0.25) is 5.95 Å². The molecule has 2 rings (SSSR count). The maximum Gasteiger partial charge on any atom is 0.288 e. The van der Waals surface area contributed by atoms with E-state index in [9.17, 15) is 14.0 Å². The van der Waals surface area contributed by atoms with Gasteiger partial charge in [0.05, 0.1) is 0 Å². The SMILES string of the molecule is CCCCc1ccc(C(=O)NNC(=O)c2ccnc(F)c2)nc1. The van der Waals surface area contributed by atoms with Crippen LogP contribution in [0.5, 0.6) is 0 Å². The van der Waals surface area contributed by atoms with Gasteiger partial charge >= 0.3 is 0 Å². The normalized spacial score (nSPS) is 10.2. The van der Waals surface area contributed by atoms with Gasteiger partial charge in [-0.25, -0.2) is 4.98 Å². The lowest BCUT2D eigenvalue weighted by molar-refractivity contribution is 0.0843. The van der Waals surface area contributed by atoms with E-state index in [1.54, 1.807) is 12.3 Å². The number of hydrogen-bond acceptors (Lipinski definition) is 4. The third kappa shape index (κ3) is 4.84. The molecule has 120 valence electrons. The van der Waals surface area contributed by atoms with E-state index < -0.39 is 17.8 Å². The largest absolute Gasteiger partial charge is 0.288 e. The molecule has 2 heterocycles. The fourth-order valence-electron chi connectivity index (χ4n) is 1.88. The summed E-state index contributed by atoms with van der Waals surface area (Å²) in [6.07, 6.45) is 5.87. The maximum absolute atomic E-state index is 12.9. The van der Waals surface area contributed by atoms with Gasteiger partial charge in [-0.2, -0.15) is 4.39 Å². The zero-order chi connectivity index (χ0) is 16.7. The Morgan fingerprint density at radius 1 is 1.13 bits per heavy atom. The summed E-state index contributed by atoms with van der Waals surface area (Å²) in [5.41, 5.74) is 5.73. The molecule has 2 N–H and O–H groups in total. The number of amides is 2. The van der Waals surface area contributed by atoms with Crippen LogP contribution < -0.4 is 10.9 Å². The van der Waals surface area contributed by atoms with Crippen molar-refractivity contribution in [1.29, 1.82) is 0 Å². The second-order valence-electron chi connectivity index (χ2n) is 4.93. The first kappa shape index (κ1) is 16.5. The van der Waals surface area contributed by atoms with E-state index in [0.717, 1.165) is 30.9 Å². The van der Waals surface area contributed by atoms with E-state index in [1.165, 1.54) is 12.3 Å². The van der Waals surface area contributed by atoms with E-state index >= 15 is 0 Å². The molecule has 7 heteroatoms. The lowest BCUT2D eigenvalue weighted by atomic mass is 10.1. The first-order valence-corrected chi connectivity index (χ1v) is 7.27. The van der Waals surface area contributed by atoms with Crippen molar-refractivity contribution in [3.05, 3.63) is 59.4 Å². The molecular weight excluding hydrogens is 299 g/mol. The smallest absolute Gasteiger partial charge is 0.267 e. The zero-order valence-electron chi connectivity index (χ0n) is 12.7. The van der Waals surface area contributed by atoms with Gasteiger partial charge in [-0.15, -0.1) is 0 Å². The van der Waals surface area contributed by atoms with Crippen LogP contribution in [-0.2, 0) is 6.42 Å². The monoisotopic (exact) mass is 316 g/mol. The van der Waals surface area contributed by atoms with E-state index in [0.29, 0.717) is 0 Å². The Labute approximate surface area is 133 Å². The highest BCUT2D eigenvalue weighted by Gasteiger charge is 2.11. The van der Waals surface area contributed by atoms with Gasteiger partial charge in [0.1, 0.15) is 5.69 Å². The molecule has 0 aliphatic heterocycles. The summed E-state index contributed by atoms with van der Waals surface area (Å²) in [4.78, 5) is 31.1. The van der Waals surface area contributed by atoms with Crippen molar-refractivity contribution in [2.45, 2.75) is 26.2 Å². The van der Waals surface area contributed by atoms with E-state index in [4.69, 9.17) is 0 Å². The summed E-state index contributed by atoms with van der Waals surface area (Å²) in [6.45, 7) is 2.10. The zero-order valence-corrected chi connectivity index (χ0v) is 12.7. The van der Waals surface area contributed by atoms with Crippen molar-refractivity contribution in [2.75, 3.05) is 0 Å². The maximum atomic E-state index is 12.9. The molecule has 23 heavy (non-hydrogen) atoms. The molecule has 2 aromatic rings. The highest BCUT2D eigenvalue weighted by atomic mass is 19.1. The quantitative estimate of drug-likeness (QED) is 0.653. The Bertz CT molecular complexity index is 689. The summed E-state index contributed by atoms with van der Waals surface area (Å²) in [7, 11) is 0. The van der Waals surface area contributed by atoms with Crippen LogP contribution in [0.15, 0.2) is 36.7 Å². The molecular formula is C16H17FN4O2. The molecule has 0 atom stereocenters. The molecule has 2 aromatic heterocycles. The molecule has 0 radical (unpaired) electrons. The summed E-state index contributed by atoms with van der Waals surface area (Å²) < 4.78 is 12.9. The van der Waals surface area contributed by atoms with Crippen molar-refractivity contribution in [1.82, 2.24) is 20.8 Å².